The largest absolute Gasteiger partial charge is 0.573 e. The second-order valence-corrected chi connectivity index (χ2v) is 4.45. The second kappa shape index (κ2) is 4.98. The molecule has 0 unspecified atom stereocenters. The minimum atomic E-state index is -4.60. The molecule has 0 aromatic heterocycles. The van der Waals surface area contributed by atoms with Crippen molar-refractivity contribution in [2.75, 3.05) is 0 Å². The predicted molar refractivity (Wildman–Crippen MR) is 59.0 cm³/mol. The van der Waals surface area contributed by atoms with Gasteiger partial charge in [0.1, 0.15) is 5.75 Å². The molecule has 0 amide bonds. The maximum Gasteiger partial charge on any atom is 0.573 e. The Morgan fingerprint density at radius 2 is 1.53 bits per heavy atom. The van der Waals surface area contributed by atoms with E-state index in [9.17, 15) is 13.2 Å². The van der Waals surface area contributed by atoms with Gasteiger partial charge in [-0.05, 0) is 36.5 Å². The lowest BCUT2D eigenvalue weighted by Crippen LogP contribution is -2.17. The molecule has 4 heteroatoms. The molecule has 0 atom stereocenters. The normalized spacial score (nSPS) is 18.1. The van der Waals surface area contributed by atoms with Gasteiger partial charge in [-0.3, -0.25) is 0 Å². The van der Waals surface area contributed by atoms with Crippen LogP contribution in [0.5, 0.6) is 5.75 Å². The zero-order valence-electron chi connectivity index (χ0n) is 9.46. The average molecular weight is 244 g/mol. The summed E-state index contributed by atoms with van der Waals surface area (Å²) in [6.45, 7) is 0. The van der Waals surface area contributed by atoms with Crippen molar-refractivity contribution >= 4 is 0 Å². The first-order valence-corrected chi connectivity index (χ1v) is 5.90. The van der Waals surface area contributed by atoms with Crippen molar-refractivity contribution in [3.8, 4) is 5.75 Å². The zero-order chi connectivity index (χ0) is 12.3. The molecule has 1 saturated carbocycles. The van der Waals surface area contributed by atoms with Gasteiger partial charge in [0, 0.05) is 0 Å². The highest BCUT2D eigenvalue weighted by molar-refractivity contribution is 5.29. The Kier molecular flexibility index (Phi) is 3.60. The van der Waals surface area contributed by atoms with E-state index < -0.39 is 6.36 Å². The van der Waals surface area contributed by atoms with E-state index in [1.165, 1.54) is 31.4 Å². The van der Waals surface area contributed by atoms with Crippen molar-refractivity contribution in [3.05, 3.63) is 29.8 Å². The topological polar surface area (TPSA) is 9.23 Å². The minimum absolute atomic E-state index is 0.142. The lowest BCUT2D eigenvalue weighted by atomic mass is 9.84. The zero-order valence-corrected chi connectivity index (χ0v) is 9.46. The van der Waals surface area contributed by atoms with E-state index in [1.54, 1.807) is 12.1 Å². The highest BCUT2D eigenvalue weighted by Gasteiger charge is 2.31. The molecule has 1 aromatic rings. The van der Waals surface area contributed by atoms with Crippen molar-refractivity contribution in [2.45, 2.75) is 44.4 Å². The van der Waals surface area contributed by atoms with Crippen LogP contribution in [0.2, 0.25) is 0 Å². The molecule has 0 N–H and O–H groups in total. The third-order valence-electron chi connectivity index (χ3n) is 3.19. The summed E-state index contributed by atoms with van der Waals surface area (Å²) >= 11 is 0. The van der Waals surface area contributed by atoms with E-state index >= 15 is 0 Å². The summed E-state index contributed by atoms with van der Waals surface area (Å²) in [5.74, 6) is 0.362. The van der Waals surface area contributed by atoms with Crippen LogP contribution >= 0.6 is 0 Å². The van der Waals surface area contributed by atoms with Crippen molar-refractivity contribution in [3.63, 3.8) is 0 Å². The van der Waals surface area contributed by atoms with Gasteiger partial charge in [-0.2, -0.15) is 0 Å². The van der Waals surface area contributed by atoms with Gasteiger partial charge >= 0.3 is 6.36 Å². The van der Waals surface area contributed by atoms with Gasteiger partial charge in [-0.1, -0.05) is 31.4 Å². The highest BCUT2D eigenvalue weighted by atomic mass is 19.4. The van der Waals surface area contributed by atoms with Gasteiger partial charge < -0.3 is 4.74 Å². The van der Waals surface area contributed by atoms with Gasteiger partial charge in [0.25, 0.3) is 0 Å². The molecule has 1 aliphatic rings. The molecule has 0 heterocycles. The summed E-state index contributed by atoms with van der Waals surface area (Å²) in [7, 11) is 0. The van der Waals surface area contributed by atoms with Crippen LogP contribution in [-0.2, 0) is 0 Å². The molecule has 1 fully saturated rings. The number of rotatable bonds is 2. The third-order valence-corrected chi connectivity index (χ3v) is 3.19. The fraction of sp³-hybridized carbons (Fsp3) is 0.538. The van der Waals surface area contributed by atoms with Gasteiger partial charge in [0.15, 0.2) is 0 Å². The summed E-state index contributed by atoms with van der Waals surface area (Å²) in [5.41, 5.74) is 1.12. The maximum absolute atomic E-state index is 12.0. The van der Waals surface area contributed by atoms with E-state index in [4.69, 9.17) is 0 Å². The number of ether oxygens (including phenoxy) is 1. The molecule has 0 aliphatic heterocycles. The lowest BCUT2D eigenvalue weighted by molar-refractivity contribution is -0.274. The lowest BCUT2D eigenvalue weighted by Gasteiger charge is -2.22. The van der Waals surface area contributed by atoms with Gasteiger partial charge in [-0.15, -0.1) is 13.2 Å². The van der Waals surface area contributed by atoms with Crippen LogP contribution < -0.4 is 4.74 Å². The Hall–Kier alpha value is -1.19. The van der Waals surface area contributed by atoms with E-state index in [1.807, 2.05) is 0 Å². The van der Waals surface area contributed by atoms with Crippen LogP contribution in [-0.4, -0.2) is 6.36 Å². The number of alkyl halides is 3. The molecule has 0 radical (unpaired) electrons. The molecule has 1 aromatic carbocycles. The van der Waals surface area contributed by atoms with E-state index in [0.717, 1.165) is 18.4 Å². The van der Waals surface area contributed by atoms with Gasteiger partial charge in [-0.25, -0.2) is 0 Å². The molecule has 0 bridgehead atoms. The molecule has 0 spiro atoms. The predicted octanol–water partition coefficient (Wildman–Crippen LogP) is 4.63. The smallest absolute Gasteiger partial charge is 0.406 e. The summed E-state index contributed by atoms with van der Waals surface area (Å²) < 4.78 is 39.8. The first kappa shape index (κ1) is 12.3. The first-order valence-electron chi connectivity index (χ1n) is 5.90. The van der Waals surface area contributed by atoms with Crippen LogP contribution in [0.3, 0.4) is 0 Å². The minimum Gasteiger partial charge on any atom is -0.406 e. The fourth-order valence-corrected chi connectivity index (χ4v) is 2.38. The first-order chi connectivity index (χ1) is 8.04. The molecule has 2 rings (SSSR count). The summed E-state index contributed by atoms with van der Waals surface area (Å²) in [6.07, 6.45) is 1.37. The Labute approximate surface area is 98.6 Å². The second-order valence-electron chi connectivity index (χ2n) is 4.45. The quantitative estimate of drug-likeness (QED) is 0.736. The van der Waals surface area contributed by atoms with Gasteiger partial charge in [0.05, 0.1) is 0 Å². The van der Waals surface area contributed by atoms with Crippen molar-refractivity contribution < 1.29 is 17.9 Å². The molecule has 17 heavy (non-hydrogen) atoms. The molecular weight excluding hydrogens is 229 g/mol. The van der Waals surface area contributed by atoms with Crippen molar-refractivity contribution in [2.24, 2.45) is 0 Å². The molecule has 1 aliphatic carbocycles. The van der Waals surface area contributed by atoms with Crippen LogP contribution in [0.25, 0.3) is 0 Å². The highest BCUT2D eigenvalue weighted by Crippen LogP contribution is 2.33. The number of halogens is 3. The van der Waals surface area contributed by atoms with Crippen LogP contribution in [0, 0.1) is 0 Å². The van der Waals surface area contributed by atoms with Crippen LogP contribution in [0.15, 0.2) is 24.3 Å². The Bertz CT molecular complexity index is 350. The van der Waals surface area contributed by atoms with Crippen LogP contribution in [0.4, 0.5) is 13.2 Å². The molecule has 1 nitrogen and oxygen atoms in total. The SMILES string of the molecule is FC(F)(F)Oc1ccc(C2CCCCC2)cc1. The number of benzene rings is 1. The Morgan fingerprint density at radius 3 is 2.06 bits per heavy atom. The number of hydrogen-bond acceptors (Lipinski definition) is 1. The number of hydrogen-bond donors (Lipinski definition) is 0. The standard InChI is InChI=1S/C13H15F3O/c14-13(15,16)17-12-8-6-11(7-9-12)10-4-2-1-3-5-10/h6-10H,1-5H2. The van der Waals surface area contributed by atoms with E-state index in [2.05, 4.69) is 4.74 Å². The van der Waals surface area contributed by atoms with Gasteiger partial charge in [0.2, 0.25) is 0 Å². The van der Waals surface area contributed by atoms with Crippen molar-refractivity contribution in [1.82, 2.24) is 0 Å². The maximum atomic E-state index is 12.0. The molecule has 94 valence electrons. The molecule has 0 saturated heterocycles. The van der Waals surface area contributed by atoms with Crippen LogP contribution in [0.1, 0.15) is 43.6 Å². The monoisotopic (exact) mass is 244 g/mol. The third kappa shape index (κ3) is 3.65. The van der Waals surface area contributed by atoms with E-state index in [-0.39, 0.29) is 5.75 Å². The summed E-state index contributed by atoms with van der Waals surface area (Å²) in [6, 6.07) is 6.29. The molecular formula is C13H15F3O. The summed E-state index contributed by atoms with van der Waals surface area (Å²) in [4.78, 5) is 0. The Morgan fingerprint density at radius 1 is 0.941 bits per heavy atom. The average Bonchev–Trinajstić information content (AvgIpc) is 2.29. The fourth-order valence-electron chi connectivity index (χ4n) is 2.38. The summed E-state index contributed by atoms with van der Waals surface area (Å²) in [5, 5.41) is 0. The van der Waals surface area contributed by atoms with Crippen molar-refractivity contribution in [1.29, 1.82) is 0 Å². The van der Waals surface area contributed by atoms with E-state index in [0.29, 0.717) is 5.92 Å². The Balaban J connectivity index is 2.02.